The summed E-state index contributed by atoms with van der Waals surface area (Å²) in [5, 5.41) is 3.21. The zero-order valence-electron chi connectivity index (χ0n) is 11.6. The number of fused-ring (bicyclic) bond motifs is 3. The first-order valence-electron chi connectivity index (χ1n) is 7.20. The Bertz CT molecular complexity index is 640. The highest BCUT2D eigenvalue weighted by molar-refractivity contribution is 7.16. The number of nitrogen functional groups attached to an aromatic ring is 1. The Balaban J connectivity index is 1.74. The van der Waals surface area contributed by atoms with Crippen LogP contribution >= 0.6 is 11.3 Å². The summed E-state index contributed by atoms with van der Waals surface area (Å²) in [4.78, 5) is 14.8. The van der Waals surface area contributed by atoms with Crippen molar-refractivity contribution in [3.05, 3.63) is 11.4 Å². The molecule has 2 aromatic rings. The molecule has 106 valence electrons. The van der Waals surface area contributed by atoms with Gasteiger partial charge in [0.2, 0.25) is 5.95 Å². The van der Waals surface area contributed by atoms with Crippen molar-refractivity contribution < 1.29 is 0 Å². The molecule has 4 heterocycles. The number of aromatic nitrogens is 2. The molecule has 2 aromatic heterocycles. The number of rotatable bonds is 1. The second kappa shape index (κ2) is 4.56. The third kappa shape index (κ3) is 1.86. The molecule has 2 aliphatic heterocycles. The summed E-state index contributed by atoms with van der Waals surface area (Å²) in [6.45, 7) is 2.11. The molecule has 2 atom stereocenters. The number of hydrogen-bond donors (Lipinski definition) is 1. The third-order valence-corrected chi connectivity index (χ3v) is 5.58. The van der Waals surface area contributed by atoms with E-state index < -0.39 is 0 Å². The average Bonchev–Trinajstić information content (AvgIpc) is 2.94. The van der Waals surface area contributed by atoms with Crippen LogP contribution in [0.4, 0.5) is 11.8 Å². The summed E-state index contributed by atoms with van der Waals surface area (Å²) in [6, 6.07) is 3.50. The van der Waals surface area contributed by atoms with E-state index in [9.17, 15) is 0 Å². The minimum atomic E-state index is 0.387. The molecule has 6 heteroatoms. The highest BCUT2D eigenvalue weighted by atomic mass is 32.1. The maximum atomic E-state index is 5.88. The number of nitrogens with two attached hydrogens (primary N) is 1. The van der Waals surface area contributed by atoms with Crippen molar-refractivity contribution in [1.82, 2.24) is 14.9 Å². The van der Waals surface area contributed by atoms with Gasteiger partial charge >= 0.3 is 0 Å². The van der Waals surface area contributed by atoms with Crippen LogP contribution in [-0.4, -0.2) is 47.1 Å². The lowest BCUT2D eigenvalue weighted by Crippen LogP contribution is -2.37. The minimum Gasteiger partial charge on any atom is -0.368 e. The largest absolute Gasteiger partial charge is 0.368 e. The molecular formula is C14H19N5S. The van der Waals surface area contributed by atoms with E-state index in [2.05, 4.69) is 38.3 Å². The van der Waals surface area contributed by atoms with E-state index in [-0.39, 0.29) is 0 Å². The predicted molar refractivity (Wildman–Crippen MR) is 83.2 cm³/mol. The van der Waals surface area contributed by atoms with Crippen molar-refractivity contribution in [3.8, 4) is 0 Å². The molecule has 0 aromatic carbocycles. The maximum absolute atomic E-state index is 5.88. The Morgan fingerprint density at radius 2 is 2.10 bits per heavy atom. The molecular weight excluding hydrogens is 270 g/mol. The number of thiophene rings is 1. The van der Waals surface area contributed by atoms with Gasteiger partial charge in [-0.05, 0) is 37.8 Å². The first-order valence-corrected chi connectivity index (χ1v) is 8.08. The van der Waals surface area contributed by atoms with Crippen molar-refractivity contribution in [2.75, 3.05) is 30.8 Å². The van der Waals surface area contributed by atoms with E-state index >= 15 is 0 Å². The fourth-order valence-electron chi connectivity index (χ4n) is 3.60. The summed E-state index contributed by atoms with van der Waals surface area (Å²) < 4.78 is 0. The molecule has 0 radical (unpaired) electrons. The average molecular weight is 289 g/mol. The molecule has 4 rings (SSSR count). The zero-order valence-corrected chi connectivity index (χ0v) is 12.4. The van der Waals surface area contributed by atoms with Crippen molar-refractivity contribution in [3.63, 3.8) is 0 Å². The lowest BCUT2D eigenvalue weighted by molar-refractivity contribution is 0.254. The first-order chi connectivity index (χ1) is 9.72. The monoisotopic (exact) mass is 289 g/mol. The third-order valence-electron chi connectivity index (χ3n) is 4.77. The summed E-state index contributed by atoms with van der Waals surface area (Å²) in [5.74, 6) is 1.41. The molecule has 0 amide bonds. The molecule has 2 saturated heterocycles. The van der Waals surface area contributed by atoms with E-state index in [0.29, 0.717) is 12.0 Å². The van der Waals surface area contributed by atoms with Crippen LogP contribution in [0.15, 0.2) is 11.4 Å². The fourth-order valence-corrected chi connectivity index (χ4v) is 4.36. The molecule has 2 bridgehead atoms. The molecule has 2 fully saturated rings. The Labute approximate surface area is 122 Å². The van der Waals surface area contributed by atoms with Gasteiger partial charge in [-0.15, -0.1) is 11.3 Å². The minimum absolute atomic E-state index is 0.387. The lowest BCUT2D eigenvalue weighted by Gasteiger charge is -2.27. The zero-order chi connectivity index (χ0) is 13.7. The molecule has 2 N–H and O–H groups in total. The van der Waals surface area contributed by atoms with Crippen LogP contribution in [0, 0.1) is 0 Å². The van der Waals surface area contributed by atoms with E-state index in [1.807, 2.05) is 0 Å². The SMILES string of the molecule is CN1C2CCC1CN(c1nc(N)nc3sccc13)CC2. The van der Waals surface area contributed by atoms with Crippen molar-refractivity contribution in [2.45, 2.75) is 31.3 Å². The number of hydrogen-bond acceptors (Lipinski definition) is 6. The van der Waals surface area contributed by atoms with Gasteiger partial charge in [-0.25, -0.2) is 4.98 Å². The molecule has 0 spiro atoms. The predicted octanol–water partition coefficient (Wildman–Crippen LogP) is 1.95. The van der Waals surface area contributed by atoms with Gasteiger partial charge in [0.05, 0.1) is 5.39 Å². The standard InChI is InChI=1S/C14H19N5S/c1-18-9-2-3-10(18)8-19(6-4-9)12-11-5-7-20-13(11)17-14(15)16-12/h5,7,9-10H,2-4,6,8H2,1H3,(H2,15,16,17). The molecule has 0 saturated carbocycles. The van der Waals surface area contributed by atoms with E-state index in [4.69, 9.17) is 5.73 Å². The Kier molecular flexibility index (Phi) is 2.82. The van der Waals surface area contributed by atoms with E-state index in [0.717, 1.165) is 35.2 Å². The topological polar surface area (TPSA) is 58.3 Å². The van der Waals surface area contributed by atoms with Gasteiger partial charge in [-0.1, -0.05) is 0 Å². The van der Waals surface area contributed by atoms with Crippen LogP contribution in [-0.2, 0) is 0 Å². The van der Waals surface area contributed by atoms with E-state index in [1.165, 1.54) is 19.3 Å². The molecule has 2 aliphatic rings. The normalized spacial score (nSPS) is 27.1. The second-order valence-electron chi connectivity index (χ2n) is 5.83. The smallest absolute Gasteiger partial charge is 0.223 e. The van der Waals surface area contributed by atoms with Gasteiger partial charge in [0.15, 0.2) is 0 Å². The van der Waals surface area contributed by atoms with Gasteiger partial charge in [0, 0.05) is 25.2 Å². The molecule has 2 unspecified atom stereocenters. The second-order valence-corrected chi connectivity index (χ2v) is 6.72. The van der Waals surface area contributed by atoms with Crippen molar-refractivity contribution in [1.29, 1.82) is 0 Å². The first kappa shape index (κ1) is 12.3. The summed E-state index contributed by atoms with van der Waals surface area (Å²) >= 11 is 1.63. The Hall–Kier alpha value is -1.40. The maximum Gasteiger partial charge on any atom is 0.223 e. The van der Waals surface area contributed by atoms with E-state index in [1.54, 1.807) is 11.3 Å². The van der Waals surface area contributed by atoms with Crippen LogP contribution in [0.3, 0.4) is 0 Å². The molecule has 20 heavy (non-hydrogen) atoms. The van der Waals surface area contributed by atoms with Gasteiger partial charge in [-0.2, -0.15) is 4.98 Å². The van der Waals surface area contributed by atoms with Gasteiger partial charge in [-0.3, -0.25) is 4.90 Å². The number of likely N-dealkylation sites (N-methyl/N-ethyl adjacent to an activating group) is 1. The summed E-state index contributed by atoms with van der Waals surface area (Å²) in [7, 11) is 2.26. The number of anilines is 2. The lowest BCUT2D eigenvalue weighted by atomic mass is 10.1. The van der Waals surface area contributed by atoms with Crippen LogP contribution in [0.25, 0.3) is 10.2 Å². The summed E-state index contributed by atoms with van der Waals surface area (Å²) in [6.07, 6.45) is 3.85. The molecule has 0 aliphatic carbocycles. The summed E-state index contributed by atoms with van der Waals surface area (Å²) in [5.41, 5.74) is 5.88. The van der Waals surface area contributed by atoms with Crippen LogP contribution in [0.2, 0.25) is 0 Å². The van der Waals surface area contributed by atoms with Gasteiger partial charge in [0.25, 0.3) is 0 Å². The van der Waals surface area contributed by atoms with Crippen LogP contribution in [0.1, 0.15) is 19.3 Å². The van der Waals surface area contributed by atoms with Gasteiger partial charge in [0.1, 0.15) is 10.6 Å². The Morgan fingerprint density at radius 1 is 1.25 bits per heavy atom. The van der Waals surface area contributed by atoms with Gasteiger partial charge < -0.3 is 10.6 Å². The van der Waals surface area contributed by atoms with Crippen LogP contribution < -0.4 is 10.6 Å². The highest BCUT2D eigenvalue weighted by Crippen LogP contribution is 2.34. The molecule has 5 nitrogen and oxygen atoms in total. The van der Waals surface area contributed by atoms with Crippen molar-refractivity contribution >= 4 is 33.3 Å². The van der Waals surface area contributed by atoms with Crippen molar-refractivity contribution in [2.24, 2.45) is 0 Å². The van der Waals surface area contributed by atoms with Crippen LogP contribution in [0.5, 0.6) is 0 Å². The highest BCUT2D eigenvalue weighted by Gasteiger charge is 2.35. The number of nitrogens with zero attached hydrogens (tertiary/aromatic N) is 4. The fraction of sp³-hybridized carbons (Fsp3) is 0.571. The quantitative estimate of drug-likeness (QED) is 0.869. The Morgan fingerprint density at radius 3 is 3.00 bits per heavy atom.